The lowest BCUT2D eigenvalue weighted by atomic mass is 9.98. The third-order valence-corrected chi connectivity index (χ3v) is 13.6. The number of ether oxygens (including phenoxy) is 6. The average Bonchev–Trinajstić information content (AvgIpc) is 3.38. The fourth-order valence-corrected chi connectivity index (χ4v) is 8.98. The molecule has 0 aromatic carbocycles. The van der Waals surface area contributed by atoms with E-state index in [0.717, 1.165) is 70.6 Å². The van der Waals surface area contributed by atoms with Gasteiger partial charge in [0.05, 0.1) is 26.4 Å². The van der Waals surface area contributed by atoms with Crippen molar-refractivity contribution in [1.82, 2.24) is 0 Å². The second-order valence-corrected chi connectivity index (χ2v) is 20.1. The Bertz CT molecular complexity index is 1370. The normalized spacial score (nSPS) is 25.5. The number of hydrogen-bond acceptors (Lipinski definition) is 14. The topological polar surface area (TPSA) is 214 Å². The zero-order chi connectivity index (χ0) is 52.3. The summed E-state index contributed by atoms with van der Waals surface area (Å²) in [6.07, 6.45) is 37.4. The van der Waals surface area contributed by atoms with Gasteiger partial charge in [0.2, 0.25) is 0 Å². The standard InChI is InChI=1S/C58H104O14/c1-3-5-7-9-11-13-15-17-19-20-21-22-23-24-25-26-27-29-31-33-35-37-39-41-50(60)70-47(44-67-42-40-38-36-34-32-30-28-18-16-14-12-10-8-6-4-2)45-68-57-56(66)54(64)52(62)49(72-57)46-69-58-55(65)53(63)51(61)48(43-59)71-58/h5,7,11,13,17,19,21-22,47-49,51-59,61-66H,3-4,6,8-10,12,14-16,18,20,23-46H2,1-2H3/b7-5-,13-11-,19-17-,22-21-. The monoisotopic (exact) mass is 1020 g/mol. The minimum Gasteiger partial charge on any atom is -0.457 e. The van der Waals surface area contributed by atoms with Crippen molar-refractivity contribution >= 4 is 5.97 Å². The molecule has 11 atom stereocenters. The Labute approximate surface area is 435 Å². The van der Waals surface area contributed by atoms with Crippen LogP contribution in [0.15, 0.2) is 48.6 Å². The summed E-state index contributed by atoms with van der Waals surface area (Å²) in [6, 6.07) is 0. The maximum absolute atomic E-state index is 13.1. The zero-order valence-electron chi connectivity index (χ0n) is 44.9. The van der Waals surface area contributed by atoms with Crippen molar-refractivity contribution < 1.29 is 69.0 Å². The van der Waals surface area contributed by atoms with Crippen molar-refractivity contribution in [2.24, 2.45) is 0 Å². The van der Waals surface area contributed by atoms with Gasteiger partial charge in [0, 0.05) is 13.0 Å². The molecule has 0 aromatic heterocycles. The molecule has 2 rings (SSSR count). The summed E-state index contributed by atoms with van der Waals surface area (Å²) >= 11 is 0. The van der Waals surface area contributed by atoms with Gasteiger partial charge < -0.3 is 64.2 Å². The van der Waals surface area contributed by atoms with E-state index in [1.54, 1.807) is 0 Å². The molecule has 0 aromatic rings. The number of carbonyl (C=O) groups is 1. The maximum Gasteiger partial charge on any atom is 0.306 e. The van der Waals surface area contributed by atoms with E-state index in [4.69, 9.17) is 28.4 Å². The maximum atomic E-state index is 13.1. The SMILES string of the molecule is CC/C=C\C/C=C\C/C=C\C/C=C\CCCCCCCCCCCCC(=O)OC(COCCCCCCCCCCCCCCCCC)COC1OC(COC2OC(CO)C(O)C(O)C2O)C(O)C(O)C1O. The van der Waals surface area contributed by atoms with Crippen LogP contribution in [0.25, 0.3) is 0 Å². The first kappa shape index (κ1) is 66.1. The van der Waals surface area contributed by atoms with Crippen molar-refractivity contribution in [2.75, 3.05) is 33.0 Å². The zero-order valence-corrected chi connectivity index (χ0v) is 44.9. The second kappa shape index (κ2) is 45.2. The van der Waals surface area contributed by atoms with Crippen molar-refractivity contribution in [3.05, 3.63) is 48.6 Å². The van der Waals surface area contributed by atoms with Gasteiger partial charge in [0.1, 0.15) is 54.9 Å². The Kier molecular flexibility index (Phi) is 41.4. The third kappa shape index (κ3) is 31.7. The number of esters is 1. The molecule has 0 bridgehead atoms. The molecule has 2 aliphatic rings. The Balaban J connectivity index is 1.71. The largest absolute Gasteiger partial charge is 0.457 e. The number of aliphatic hydroxyl groups excluding tert-OH is 7. The van der Waals surface area contributed by atoms with Gasteiger partial charge >= 0.3 is 5.97 Å². The molecule has 0 amide bonds. The number of carbonyl (C=O) groups excluding carboxylic acids is 1. The number of allylic oxidation sites excluding steroid dienone is 8. The molecule has 0 aliphatic carbocycles. The molecule has 0 radical (unpaired) electrons. The number of unbranched alkanes of at least 4 members (excludes halogenated alkanes) is 24. The van der Waals surface area contributed by atoms with Gasteiger partial charge in [-0.25, -0.2) is 0 Å². The molecule has 14 heteroatoms. The summed E-state index contributed by atoms with van der Waals surface area (Å²) in [5, 5.41) is 72.3. The highest BCUT2D eigenvalue weighted by atomic mass is 16.7. The Morgan fingerprint density at radius 3 is 1.42 bits per heavy atom. The van der Waals surface area contributed by atoms with E-state index in [9.17, 15) is 40.5 Å². The molecule has 2 fully saturated rings. The van der Waals surface area contributed by atoms with E-state index in [1.807, 2.05) is 0 Å². The van der Waals surface area contributed by atoms with Crippen LogP contribution in [0.1, 0.15) is 213 Å². The van der Waals surface area contributed by atoms with Gasteiger partial charge in [-0.1, -0.05) is 204 Å². The molecule has 2 saturated heterocycles. The fourth-order valence-electron chi connectivity index (χ4n) is 8.98. The van der Waals surface area contributed by atoms with E-state index in [2.05, 4.69) is 62.5 Å². The van der Waals surface area contributed by atoms with Crippen LogP contribution in [0.2, 0.25) is 0 Å². The minimum absolute atomic E-state index is 0.0619. The summed E-state index contributed by atoms with van der Waals surface area (Å²) in [4.78, 5) is 13.1. The highest BCUT2D eigenvalue weighted by Crippen LogP contribution is 2.27. The summed E-state index contributed by atoms with van der Waals surface area (Å²) < 4.78 is 34.4. The van der Waals surface area contributed by atoms with Crippen molar-refractivity contribution in [3.63, 3.8) is 0 Å². The first-order valence-electron chi connectivity index (χ1n) is 28.7. The van der Waals surface area contributed by atoms with Gasteiger partial charge in [-0.2, -0.15) is 0 Å². The number of aliphatic hydroxyl groups is 7. The predicted molar refractivity (Wildman–Crippen MR) is 284 cm³/mol. The van der Waals surface area contributed by atoms with Crippen LogP contribution < -0.4 is 0 Å². The molecule has 2 aliphatic heterocycles. The summed E-state index contributed by atoms with van der Waals surface area (Å²) in [6.45, 7) is 3.60. The Morgan fingerprint density at radius 2 is 0.903 bits per heavy atom. The molecule has 2 heterocycles. The van der Waals surface area contributed by atoms with E-state index < -0.39 is 80.7 Å². The summed E-state index contributed by atoms with van der Waals surface area (Å²) in [5.74, 6) is -0.379. The number of rotatable bonds is 46. The van der Waals surface area contributed by atoms with E-state index in [-0.39, 0.29) is 25.6 Å². The van der Waals surface area contributed by atoms with Crippen LogP contribution >= 0.6 is 0 Å². The second-order valence-electron chi connectivity index (χ2n) is 20.1. The highest BCUT2D eigenvalue weighted by Gasteiger charge is 2.47. The molecular weight excluding hydrogens is 921 g/mol. The van der Waals surface area contributed by atoms with Gasteiger partial charge in [-0.15, -0.1) is 0 Å². The molecule has 0 spiro atoms. The molecule has 72 heavy (non-hydrogen) atoms. The lowest BCUT2D eigenvalue weighted by Gasteiger charge is -2.42. The van der Waals surface area contributed by atoms with Crippen LogP contribution in [-0.4, -0.2) is 142 Å². The minimum atomic E-state index is -1.71. The van der Waals surface area contributed by atoms with E-state index >= 15 is 0 Å². The van der Waals surface area contributed by atoms with Gasteiger partial charge in [-0.05, 0) is 51.4 Å². The van der Waals surface area contributed by atoms with Crippen LogP contribution in [0.3, 0.4) is 0 Å². The summed E-state index contributed by atoms with van der Waals surface area (Å²) in [5.41, 5.74) is 0. The lowest BCUT2D eigenvalue weighted by molar-refractivity contribution is -0.332. The predicted octanol–water partition coefficient (Wildman–Crippen LogP) is 9.91. The first-order chi connectivity index (χ1) is 35.1. The quantitative estimate of drug-likeness (QED) is 0.0172. The van der Waals surface area contributed by atoms with Crippen molar-refractivity contribution in [1.29, 1.82) is 0 Å². The van der Waals surface area contributed by atoms with Crippen molar-refractivity contribution in [3.8, 4) is 0 Å². The van der Waals surface area contributed by atoms with Crippen LogP contribution in [-0.2, 0) is 33.2 Å². The number of hydrogen-bond donors (Lipinski definition) is 7. The van der Waals surface area contributed by atoms with Crippen molar-refractivity contribution in [2.45, 2.75) is 280 Å². The van der Waals surface area contributed by atoms with Gasteiger partial charge in [-0.3, -0.25) is 4.79 Å². The molecule has 14 nitrogen and oxygen atoms in total. The lowest BCUT2D eigenvalue weighted by Crippen LogP contribution is -2.61. The van der Waals surface area contributed by atoms with Gasteiger partial charge in [0.15, 0.2) is 12.6 Å². The first-order valence-corrected chi connectivity index (χ1v) is 28.7. The third-order valence-electron chi connectivity index (χ3n) is 13.6. The fraction of sp³-hybridized carbons (Fsp3) is 0.845. The molecule has 0 saturated carbocycles. The van der Waals surface area contributed by atoms with E-state index in [1.165, 1.54) is 116 Å². The van der Waals surface area contributed by atoms with Crippen LogP contribution in [0.4, 0.5) is 0 Å². The Hall–Kier alpha value is -2.05. The van der Waals surface area contributed by atoms with Gasteiger partial charge in [0.25, 0.3) is 0 Å². The molecular formula is C58H104O14. The molecule has 420 valence electrons. The molecule has 7 N–H and O–H groups in total. The van der Waals surface area contributed by atoms with Crippen LogP contribution in [0, 0.1) is 0 Å². The highest BCUT2D eigenvalue weighted by molar-refractivity contribution is 5.69. The molecule has 11 unspecified atom stereocenters. The smallest absolute Gasteiger partial charge is 0.306 e. The van der Waals surface area contributed by atoms with E-state index in [0.29, 0.717) is 13.0 Å². The van der Waals surface area contributed by atoms with Crippen LogP contribution in [0.5, 0.6) is 0 Å². The summed E-state index contributed by atoms with van der Waals surface area (Å²) in [7, 11) is 0. The average molecular weight is 1030 g/mol. The Morgan fingerprint density at radius 1 is 0.472 bits per heavy atom.